The van der Waals surface area contributed by atoms with Gasteiger partial charge in [0, 0.05) is 6.08 Å². The molecule has 1 N–H and O–H groups in total. The highest BCUT2D eigenvalue weighted by Crippen LogP contribution is 2.00. The molecular weight excluding hydrogens is 178 g/mol. The van der Waals surface area contributed by atoms with Crippen LogP contribution in [0.2, 0.25) is 0 Å². The number of ether oxygens (including phenoxy) is 1. The van der Waals surface area contributed by atoms with Crippen molar-refractivity contribution < 1.29 is 9.53 Å². The molecule has 0 unspecified atom stereocenters. The number of hydrogen-bond donors (Lipinski definition) is 1. The molecule has 0 spiro atoms. The Bertz CT molecular complexity index is 306. The van der Waals surface area contributed by atoms with Gasteiger partial charge in [0.1, 0.15) is 6.73 Å². The van der Waals surface area contributed by atoms with Crippen LogP contribution in [0.25, 0.3) is 6.08 Å². The second-order valence-electron chi connectivity index (χ2n) is 2.71. The molecule has 0 bridgehead atoms. The maximum absolute atomic E-state index is 11.0. The molecule has 0 atom stereocenters. The first-order chi connectivity index (χ1) is 6.83. The molecule has 0 aromatic heterocycles. The maximum atomic E-state index is 11.0. The van der Waals surface area contributed by atoms with Gasteiger partial charge in [-0.2, -0.15) is 0 Å². The van der Waals surface area contributed by atoms with Gasteiger partial charge in [-0.15, -0.1) is 0 Å². The number of carbonyl (C=O) groups excluding carboxylic acids is 1. The van der Waals surface area contributed by atoms with Crippen LogP contribution in [0.4, 0.5) is 0 Å². The number of benzene rings is 1. The minimum atomic E-state index is -0.344. The van der Waals surface area contributed by atoms with Crippen molar-refractivity contribution in [3.05, 3.63) is 42.0 Å². The van der Waals surface area contributed by atoms with Crippen molar-refractivity contribution in [1.82, 2.24) is 5.32 Å². The first-order valence-electron chi connectivity index (χ1n) is 4.37. The van der Waals surface area contributed by atoms with E-state index >= 15 is 0 Å². The fourth-order valence-corrected chi connectivity index (χ4v) is 0.920. The largest absolute Gasteiger partial charge is 0.447 e. The molecule has 3 nitrogen and oxygen atoms in total. The molecule has 0 aliphatic rings. The van der Waals surface area contributed by atoms with Crippen LogP contribution in [0, 0.1) is 0 Å². The van der Waals surface area contributed by atoms with E-state index in [-0.39, 0.29) is 12.7 Å². The molecule has 0 saturated heterocycles. The highest BCUT2D eigenvalue weighted by Gasteiger charge is 1.93. The van der Waals surface area contributed by atoms with Crippen molar-refractivity contribution in [2.75, 3.05) is 13.8 Å². The number of carbonyl (C=O) groups is 1. The van der Waals surface area contributed by atoms with E-state index in [1.165, 1.54) is 6.08 Å². The molecule has 0 heterocycles. The van der Waals surface area contributed by atoms with E-state index in [0.29, 0.717) is 0 Å². The third-order valence-corrected chi connectivity index (χ3v) is 1.57. The van der Waals surface area contributed by atoms with Crippen LogP contribution < -0.4 is 5.32 Å². The molecule has 0 amide bonds. The Balaban J connectivity index is 2.44. The van der Waals surface area contributed by atoms with Gasteiger partial charge in [0.25, 0.3) is 0 Å². The molecule has 1 aromatic carbocycles. The van der Waals surface area contributed by atoms with Crippen LogP contribution in [0.5, 0.6) is 0 Å². The Morgan fingerprint density at radius 3 is 2.79 bits per heavy atom. The summed E-state index contributed by atoms with van der Waals surface area (Å²) in [5.74, 6) is -0.344. The Labute approximate surface area is 83.4 Å². The lowest BCUT2D eigenvalue weighted by Crippen LogP contribution is -2.14. The van der Waals surface area contributed by atoms with Crippen LogP contribution in [0.15, 0.2) is 36.4 Å². The summed E-state index contributed by atoms with van der Waals surface area (Å²) >= 11 is 0. The highest BCUT2D eigenvalue weighted by atomic mass is 16.5. The van der Waals surface area contributed by atoms with E-state index < -0.39 is 0 Å². The van der Waals surface area contributed by atoms with E-state index in [1.807, 2.05) is 30.3 Å². The van der Waals surface area contributed by atoms with Gasteiger partial charge in [-0.3, -0.25) is 5.32 Å². The minimum absolute atomic E-state index is 0.234. The van der Waals surface area contributed by atoms with E-state index in [1.54, 1.807) is 13.1 Å². The molecule has 0 aliphatic carbocycles. The predicted molar refractivity (Wildman–Crippen MR) is 55.5 cm³/mol. The standard InChI is InChI=1S/C11H13NO2/c1-12-9-14-11(13)8-7-10-5-3-2-4-6-10/h2-8,12H,9H2,1H3/b8-7+. The third-order valence-electron chi connectivity index (χ3n) is 1.57. The molecule has 1 rings (SSSR count). The van der Waals surface area contributed by atoms with E-state index in [0.717, 1.165) is 5.56 Å². The first kappa shape index (κ1) is 10.5. The zero-order valence-electron chi connectivity index (χ0n) is 8.07. The lowest BCUT2D eigenvalue weighted by Gasteiger charge is -1.98. The lowest BCUT2D eigenvalue weighted by atomic mass is 10.2. The van der Waals surface area contributed by atoms with E-state index in [9.17, 15) is 4.79 Å². The second-order valence-corrected chi connectivity index (χ2v) is 2.71. The number of rotatable bonds is 4. The Morgan fingerprint density at radius 2 is 2.14 bits per heavy atom. The number of esters is 1. The first-order valence-corrected chi connectivity index (χ1v) is 4.37. The van der Waals surface area contributed by atoms with Gasteiger partial charge in [-0.1, -0.05) is 30.3 Å². The molecule has 1 aromatic rings. The summed E-state index contributed by atoms with van der Waals surface area (Å²) in [6, 6.07) is 9.59. The van der Waals surface area contributed by atoms with Crippen LogP contribution >= 0.6 is 0 Å². The summed E-state index contributed by atoms with van der Waals surface area (Å²) in [6.45, 7) is 0.234. The number of hydrogen-bond acceptors (Lipinski definition) is 3. The Hall–Kier alpha value is -1.61. The molecular formula is C11H13NO2. The lowest BCUT2D eigenvalue weighted by molar-refractivity contribution is -0.138. The molecule has 74 valence electrons. The number of nitrogens with one attached hydrogen (secondary N) is 1. The molecule has 0 saturated carbocycles. The van der Waals surface area contributed by atoms with Crippen molar-refractivity contribution in [2.45, 2.75) is 0 Å². The van der Waals surface area contributed by atoms with Crippen LogP contribution in [0.3, 0.4) is 0 Å². The van der Waals surface area contributed by atoms with Gasteiger partial charge in [0.2, 0.25) is 0 Å². The average Bonchev–Trinajstić information content (AvgIpc) is 2.25. The quantitative estimate of drug-likeness (QED) is 0.444. The average molecular weight is 191 g/mol. The van der Waals surface area contributed by atoms with Gasteiger partial charge in [-0.25, -0.2) is 4.79 Å². The monoisotopic (exact) mass is 191 g/mol. The highest BCUT2D eigenvalue weighted by molar-refractivity contribution is 5.86. The Morgan fingerprint density at radius 1 is 1.43 bits per heavy atom. The maximum Gasteiger partial charge on any atom is 0.332 e. The van der Waals surface area contributed by atoms with Gasteiger partial charge in [0.15, 0.2) is 0 Å². The SMILES string of the molecule is CNCOC(=O)/C=C/c1ccccc1. The van der Waals surface area contributed by atoms with Crippen LogP contribution in [-0.2, 0) is 9.53 Å². The summed E-state index contributed by atoms with van der Waals surface area (Å²) in [5, 5.41) is 2.72. The summed E-state index contributed by atoms with van der Waals surface area (Å²) in [7, 11) is 1.72. The van der Waals surface area contributed by atoms with Crippen molar-refractivity contribution in [1.29, 1.82) is 0 Å². The Kier molecular flexibility index (Phi) is 4.44. The smallest absolute Gasteiger partial charge is 0.332 e. The van der Waals surface area contributed by atoms with Crippen LogP contribution in [-0.4, -0.2) is 19.7 Å². The van der Waals surface area contributed by atoms with E-state index in [2.05, 4.69) is 5.32 Å². The molecule has 0 aliphatic heterocycles. The molecule has 0 fully saturated rings. The van der Waals surface area contributed by atoms with Gasteiger partial charge in [-0.05, 0) is 18.7 Å². The molecule has 14 heavy (non-hydrogen) atoms. The normalized spacial score (nSPS) is 10.4. The second kappa shape index (κ2) is 5.94. The third kappa shape index (κ3) is 3.87. The van der Waals surface area contributed by atoms with Gasteiger partial charge in [0.05, 0.1) is 0 Å². The van der Waals surface area contributed by atoms with Crippen molar-refractivity contribution in [3.8, 4) is 0 Å². The minimum Gasteiger partial charge on any atom is -0.447 e. The molecule has 3 heteroatoms. The molecule has 0 radical (unpaired) electrons. The zero-order valence-corrected chi connectivity index (χ0v) is 8.07. The van der Waals surface area contributed by atoms with Crippen molar-refractivity contribution in [3.63, 3.8) is 0 Å². The van der Waals surface area contributed by atoms with Crippen molar-refractivity contribution in [2.24, 2.45) is 0 Å². The fourth-order valence-electron chi connectivity index (χ4n) is 0.920. The summed E-state index contributed by atoms with van der Waals surface area (Å²) in [4.78, 5) is 11.0. The fraction of sp³-hybridized carbons (Fsp3) is 0.182. The van der Waals surface area contributed by atoms with Gasteiger partial charge < -0.3 is 4.74 Å². The summed E-state index contributed by atoms with van der Waals surface area (Å²) in [6.07, 6.45) is 3.13. The summed E-state index contributed by atoms with van der Waals surface area (Å²) in [5.41, 5.74) is 0.980. The van der Waals surface area contributed by atoms with Crippen molar-refractivity contribution >= 4 is 12.0 Å². The topological polar surface area (TPSA) is 38.3 Å². The summed E-state index contributed by atoms with van der Waals surface area (Å²) < 4.78 is 4.78. The zero-order chi connectivity index (χ0) is 10.2. The van der Waals surface area contributed by atoms with Crippen LogP contribution in [0.1, 0.15) is 5.56 Å². The van der Waals surface area contributed by atoms with E-state index in [4.69, 9.17) is 4.74 Å². The van der Waals surface area contributed by atoms with Gasteiger partial charge >= 0.3 is 5.97 Å². The predicted octanol–water partition coefficient (Wildman–Crippen LogP) is 1.42.